The third-order valence-corrected chi connectivity index (χ3v) is 9.01. The maximum absolute atomic E-state index is 5.97. The summed E-state index contributed by atoms with van der Waals surface area (Å²) < 4.78 is 23.3. The Bertz CT molecular complexity index is 1460. The molecule has 7 rings (SSSR count). The average Bonchev–Trinajstić information content (AvgIpc) is 3.47. The first kappa shape index (κ1) is 25.0. The Morgan fingerprint density at radius 1 is 0.825 bits per heavy atom. The molecule has 40 heavy (non-hydrogen) atoms. The number of benzene rings is 4. The molecule has 4 aromatic rings. The third kappa shape index (κ3) is 4.29. The van der Waals surface area contributed by atoms with Gasteiger partial charge in [-0.3, -0.25) is 4.90 Å². The molecule has 0 saturated heterocycles. The first-order chi connectivity index (χ1) is 19.7. The van der Waals surface area contributed by atoms with Crippen LogP contribution in [0.1, 0.15) is 64.1 Å². The van der Waals surface area contributed by atoms with Gasteiger partial charge in [0.2, 0.25) is 6.79 Å². The van der Waals surface area contributed by atoms with Crippen LogP contribution in [0, 0.1) is 0 Å². The van der Waals surface area contributed by atoms with Crippen molar-refractivity contribution in [1.29, 1.82) is 0 Å². The van der Waals surface area contributed by atoms with Crippen molar-refractivity contribution in [3.63, 3.8) is 0 Å². The maximum Gasteiger partial charge on any atom is 0.231 e. The molecule has 5 nitrogen and oxygen atoms in total. The van der Waals surface area contributed by atoms with Crippen molar-refractivity contribution in [2.75, 3.05) is 27.6 Å². The van der Waals surface area contributed by atoms with Crippen LogP contribution in [0.25, 0.3) is 0 Å². The number of fused-ring (bicyclic) bond motifs is 5. The lowest BCUT2D eigenvalue weighted by Crippen LogP contribution is -2.42. The fourth-order valence-electron chi connectivity index (χ4n) is 7.19. The lowest BCUT2D eigenvalue weighted by Gasteiger charge is -2.47. The van der Waals surface area contributed by atoms with Gasteiger partial charge >= 0.3 is 0 Å². The number of rotatable bonds is 7. The second-order valence-electron chi connectivity index (χ2n) is 11.0. The van der Waals surface area contributed by atoms with E-state index in [1.165, 1.54) is 33.4 Å². The zero-order valence-corrected chi connectivity index (χ0v) is 23.1. The van der Waals surface area contributed by atoms with Crippen LogP contribution in [0.2, 0.25) is 0 Å². The number of hydrogen-bond donors (Lipinski definition) is 0. The van der Waals surface area contributed by atoms with Crippen LogP contribution in [0.15, 0.2) is 84.9 Å². The minimum Gasteiger partial charge on any atom is -0.493 e. The van der Waals surface area contributed by atoms with Crippen LogP contribution in [0.5, 0.6) is 23.0 Å². The smallest absolute Gasteiger partial charge is 0.231 e. The van der Waals surface area contributed by atoms with Crippen molar-refractivity contribution < 1.29 is 18.9 Å². The highest BCUT2D eigenvalue weighted by Crippen LogP contribution is 2.53. The Hall–Kier alpha value is -3.96. The van der Waals surface area contributed by atoms with Crippen molar-refractivity contribution in [1.82, 2.24) is 4.90 Å². The largest absolute Gasteiger partial charge is 0.493 e. The summed E-state index contributed by atoms with van der Waals surface area (Å²) in [6.07, 6.45) is 3.07. The fraction of sp³-hybridized carbons (Fsp3) is 0.314. The molecule has 5 heteroatoms. The van der Waals surface area contributed by atoms with Crippen LogP contribution in [0.4, 0.5) is 0 Å². The number of ether oxygens (including phenoxy) is 4. The molecule has 2 unspecified atom stereocenters. The number of hydrogen-bond acceptors (Lipinski definition) is 5. The van der Waals surface area contributed by atoms with Gasteiger partial charge in [-0.05, 0) is 65.3 Å². The Morgan fingerprint density at radius 2 is 1.52 bits per heavy atom. The van der Waals surface area contributed by atoms with Gasteiger partial charge in [0.05, 0.1) is 14.2 Å². The average molecular weight is 534 g/mol. The van der Waals surface area contributed by atoms with E-state index in [1.807, 2.05) is 0 Å². The Labute approximate surface area is 236 Å². The van der Waals surface area contributed by atoms with E-state index in [1.54, 1.807) is 14.2 Å². The predicted octanol–water partition coefficient (Wildman–Crippen LogP) is 7.24. The van der Waals surface area contributed by atoms with Crippen molar-refractivity contribution in [3.8, 4) is 23.0 Å². The van der Waals surface area contributed by atoms with Gasteiger partial charge in [-0.15, -0.1) is 0 Å². The van der Waals surface area contributed by atoms with Crippen LogP contribution in [-0.2, 0) is 13.0 Å². The highest BCUT2D eigenvalue weighted by molar-refractivity contribution is 5.56. The molecule has 3 aliphatic heterocycles. The normalized spacial score (nSPS) is 19.1. The summed E-state index contributed by atoms with van der Waals surface area (Å²) in [4.78, 5) is 2.64. The summed E-state index contributed by atoms with van der Waals surface area (Å²) in [5, 5.41) is 0. The second kappa shape index (κ2) is 10.5. The zero-order valence-electron chi connectivity index (χ0n) is 23.1. The van der Waals surface area contributed by atoms with Gasteiger partial charge in [-0.1, -0.05) is 66.7 Å². The molecular formula is C35H35NO4. The Morgan fingerprint density at radius 3 is 2.20 bits per heavy atom. The molecule has 3 heterocycles. The summed E-state index contributed by atoms with van der Waals surface area (Å²) in [5.74, 6) is 4.01. The summed E-state index contributed by atoms with van der Waals surface area (Å²) >= 11 is 0. The van der Waals surface area contributed by atoms with Gasteiger partial charge in [0.25, 0.3) is 0 Å². The SMILES string of the molecule is COc1ccc2c(c1OC)CN1CCc3cc4c(cc3C1C2CCC(c1ccccc1)c1ccccc1)OCO4. The molecule has 0 bridgehead atoms. The maximum atomic E-state index is 5.97. The van der Waals surface area contributed by atoms with Crippen LogP contribution < -0.4 is 18.9 Å². The Balaban J connectivity index is 1.32. The number of nitrogens with zero attached hydrogens (tertiary/aromatic N) is 1. The summed E-state index contributed by atoms with van der Waals surface area (Å²) in [6, 6.07) is 31.0. The molecule has 0 spiro atoms. The highest BCUT2D eigenvalue weighted by Gasteiger charge is 2.42. The van der Waals surface area contributed by atoms with Crippen LogP contribution in [0.3, 0.4) is 0 Å². The minimum atomic E-state index is 0.260. The third-order valence-electron chi connectivity index (χ3n) is 9.01. The zero-order chi connectivity index (χ0) is 27.1. The summed E-state index contributed by atoms with van der Waals surface area (Å²) in [6.45, 7) is 2.13. The monoisotopic (exact) mass is 533 g/mol. The van der Waals surface area contributed by atoms with Crippen LogP contribution in [-0.4, -0.2) is 32.5 Å². The van der Waals surface area contributed by atoms with E-state index in [0.29, 0.717) is 12.7 Å². The first-order valence-corrected chi connectivity index (χ1v) is 14.2. The molecular weight excluding hydrogens is 498 g/mol. The van der Waals surface area contributed by atoms with Gasteiger partial charge < -0.3 is 18.9 Å². The second-order valence-corrected chi connectivity index (χ2v) is 11.0. The molecule has 4 aromatic carbocycles. The van der Waals surface area contributed by atoms with E-state index in [0.717, 1.165) is 55.4 Å². The quantitative estimate of drug-likeness (QED) is 0.250. The van der Waals surface area contributed by atoms with E-state index in [9.17, 15) is 0 Å². The van der Waals surface area contributed by atoms with Crippen LogP contribution >= 0.6 is 0 Å². The molecule has 3 aliphatic rings. The molecule has 0 fully saturated rings. The molecule has 0 aliphatic carbocycles. The molecule has 0 saturated carbocycles. The topological polar surface area (TPSA) is 40.2 Å². The van der Waals surface area contributed by atoms with Gasteiger partial charge in [0, 0.05) is 36.5 Å². The highest BCUT2D eigenvalue weighted by atomic mass is 16.7. The van der Waals surface area contributed by atoms with Crippen molar-refractivity contribution in [2.24, 2.45) is 0 Å². The lowest BCUT2D eigenvalue weighted by molar-refractivity contribution is 0.125. The van der Waals surface area contributed by atoms with Crippen molar-refractivity contribution in [2.45, 2.75) is 43.7 Å². The lowest BCUT2D eigenvalue weighted by atomic mass is 9.72. The summed E-state index contributed by atoms with van der Waals surface area (Å²) in [5.41, 5.74) is 8.09. The molecule has 204 valence electrons. The van der Waals surface area contributed by atoms with Crippen molar-refractivity contribution in [3.05, 3.63) is 118 Å². The fourth-order valence-corrected chi connectivity index (χ4v) is 7.19. The standard InChI is InChI=1S/C35H35NO4/c1-37-31-16-15-27-28(14-13-26(23-9-5-3-6-10-23)24-11-7-4-8-12-24)34-29-20-33-32(39-22-40-33)19-25(29)17-18-36(34)21-30(27)35(31)38-2/h3-12,15-16,19-20,26,28,34H,13-14,17-18,21-22H2,1-2H3. The van der Waals surface area contributed by atoms with E-state index in [4.69, 9.17) is 18.9 Å². The molecule has 0 N–H and O–H groups in total. The van der Waals surface area contributed by atoms with Gasteiger partial charge in [-0.25, -0.2) is 0 Å². The predicted molar refractivity (Wildman–Crippen MR) is 156 cm³/mol. The Kier molecular flexibility index (Phi) is 6.60. The first-order valence-electron chi connectivity index (χ1n) is 14.2. The van der Waals surface area contributed by atoms with Gasteiger partial charge in [0.1, 0.15) is 0 Å². The molecule has 0 aromatic heterocycles. The van der Waals surface area contributed by atoms with E-state index >= 15 is 0 Å². The van der Waals surface area contributed by atoms with E-state index in [2.05, 4.69) is 89.8 Å². The minimum absolute atomic E-state index is 0.260. The van der Waals surface area contributed by atoms with Gasteiger partial charge in [0.15, 0.2) is 23.0 Å². The summed E-state index contributed by atoms with van der Waals surface area (Å²) in [7, 11) is 3.48. The van der Waals surface area contributed by atoms with E-state index < -0.39 is 0 Å². The van der Waals surface area contributed by atoms with E-state index in [-0.39, 0.29) is 12.0 Å². The molecule has 0 radical (unpaired) electrons. The van der Waals surface area contributed by atoms with Gasteiger partial charge in [-0.2, -0.15) is 0 Å². The molecule has 0 amide bonds. The number of methoxy groups -OCH3 is 2. The van der Waals surface area contributed by atoms with Crippen molar-refractivity contribution >= 4 is 0 Å². The molecule has 2 atom stereocenters.